The van der Waals surface area contributed by atoms with Crippen LogP contribution in [0.2, 0.25) is 0 Å². The minimum Gasteiger partial charge on any atom is -0.467 e. The highest BCUT2D eigenvalue weighted by Crippen LogP contribution is 2.41. The Bertz CT molecular complexity index is 1330. The van der Waals surface area contributed by atoms with Crippen molar-refractivity contribution in [3.63, 3.8) is 0 Å². The van der Waals surface area contributed by atoms with Crippen molar-refractivity contribution in [3.8, 4) is 0 Å². The normalized spacial score (nSPS) is 23.2. The SMILES string of the molecule is COCCNC(=O)OC[C@H]1CCC[C@@]2(C[C@H](OC(=O)NCc3cccc4ccccc34)C[C@@H](CCC(=O)N[C@@H](C)C(=O)OC)O2)O1. The number of alkyl carbamates (subject to hydrolysis) is 2. The van der Waals surface area contributed by atoms with Crippen molar-refractivity contribution >= 4 is 34.8 Å². The maximum Gasteiger partial charge on any atom is 0.407 e. The predicted molar refractivity (Wildman–Crippen MR) is 167 cm³/mol. The molecule has 0 bridgehead atoms. The highest BCUT2D eigenvalue weighted by molar-refractivity contribution is 5.86. The summed E-state index contributed by atoms with van der Waals surface area (Å²) in [5.41, 5.74) is 0.966. The fourth-order valence-electron chi connectivity index (χ4n) is 5.89. The largest absolute Gasteiger partial charge is 0.467 e. The number of hydrogen-bond acceptors (Lipinski definition) is 10. The smallest absolute Gasteiger partial charge is 0.407 e. The van der Waals surface area contributed by atoms with Crippen molar-refractivity contribution in [2.45, 2.75) is 88.6 Å². The molecular weight excluding hydrogens is 598 g/mol. The molecule has 2 fully saturated rings. The van der Waals surface area contributed by atoms with Gasteiger partial charge < -0.3 is 44.4 Å². The van der Waals surface area contributed by atoms with E-state index in [1.54, 1.807) is 14.0 Å². The molecule has 252 valence electrons. The second-order valence-corrected chi connectivity index (χ2v) is 11.6. The van der Waals surface area contributed by atoms with E-state index in [0.717, 1.165) is 22.8 Å². The lowest BCUT2D eigenvalue weighted by Crippen LogP contribution is -2.53. The molecule has 0 saturated carbocycles. The lowest BCUT2D eigenvalue weighted by atomic mass is 9.90. The first kappa shape index (κ1) is 34.9. The monoisotopic (exact) mass is 643 g/mol. The van der Waals surface area contributed by atoms with Crippen molar-refractivity contribution in [2.24, 2.45) is 0 Å². The van der Waals surface area contributed by atoms with E-state index in [1.165, 1.54) is 7.11 Å². The molecule has 0 aromatic heterocycles. The van der Waals surface area contributed by atoms with E-state index in [-0.39, 0.29) is 25.4 Å². The van der Waals surface area contributed by atoms with Crippen LogP contribution in [-0.4, -0.2) is 88.2 Å². The number of carbonyl (C=O) groups is 4. The maximum atomic E-state index is 13.0. The second-order valence-electron chi connectivity index (χ2n) is 11.6. The molecule has 5 atom stereocenters. The summed E-state index contributed by atoms with van der Waals surface area (Å²) in [5, 5.41) is 10.2. The first-order valence-corrected chi connectivity index (χ1v) is 15.7. The van der Waals surface area contributed by atoms with E-state index in [4.69, 9.17) is 23.7 Å². The zero-order valence-electron chi connectivity index (χ0n) is 26.7. The minimum atomic E-state index is -1.09. The van der Waals surface area contributed by atoms with Gasteiger partial charge in [-0.25, -0.2) is 14.4 Å². The molecule has 1 spiro atoms. The lowest BCUT2D eigenvalue weighted by Gasteiger charge is -2.47. The zero-order chi connectivity index (χ0) is 32.9. The second kappa shape index (κ2) is 17.1. The first-order chi connectivity index (χ1) is 22.2. The Kier molecular flexibility index (Phi) is 13.0. The minimum absolute atomic E-state index is 0.0272. The average molecular weight is 644 g/mol. The number of fused-ring (bicyclic) bond motifs is 1. The van der Waals surface area contributed by atoms with E-state index in [9.17, 15) is 19.2 Å². The molecule has 13 heteroatoms. The van der Waals surface area contributed by atoms with Crippen molar-refractivity contribution in [3.05, 3.63) is 48.0 Å². The van der Waals surface area contributed by atoms with Gasteiger partial charge in [0.05, 0.1) is 25.9 Å². The molecule has 4 rings (SSSR count). The van der Waals surface area contributed by atoms with Gasteiger partial charge in [-0.05, 0) is 42.5 Å². The number of benzene rings is 2. The number of esters is 1. The summed E-state index contributed by atoms with van der Waals surface area (Å²) in [5.74, 6) is -1.96. The van der Waals surface area contributed by atoms with E-state index in [0.29, 0.717) is 45.4 Å². The molecule has 0 unspecified atom stereocenters. The lowest BCUT2D eigenvalue weighted by molar-refractivity contribution is -0.329. The number of ether oxygens (including phenoxy) is 6. The van der Waals surface area contributed by atoms with Crippen molar-refractivity contribution in [1.29, 1.82) is 0 Å². The van der Waals surface area contributed by atoms with Crippen LogP contribution < -0.4 is 16.0 Å². The Morgan fingerprint density at radius 2 is 1.78 bits per heavy atom. The highest BCUT2D eigenvalue weighted by Gasteiger charge is 2.47. The Hall–Kier alpha value is -3.94. The Morgan fingerprint density at radius 3 is 2.59 bits per heavy atom. The summed E-state index contributed by atoms with van der Waals surface area (Å²) >= 11 is 0. The van der Waals surface area contributed by atoms with Crippen LogP contribution in [-0.2, 0) is 44.6 Å². The fourth-order valence-corrected chi connectivity index (χ4v) is 5.89. The molecule has 2 heterocycles. The number of carbonyl (C=O) groups excluding carboxylic acids is 4. The van der Waals surface area contributed by atoms with Crippen LogP contribution >= 0.6 is 0 Å². The zero-order valence-corrected chi connectivity index (χ0v) is 26.7. The van der Waals surface area contributed by atoms with Gasteiger partial charge in [-0.3, -0.25) is 4.79 Å². The quantitative estimate of drug-likeness (QED) is 0.167. The molecule has 2 aliphatic heterocycles. The van der Waals surface area contributed by atoms with Crippen molar-refractivity contribution in [1.82, 2.24) is 16.0 Å². The Balaban J connectivity index is 1.38. The van der Waals surface area contributed by atoms with Crippen LogP contribution in [0.4, 0.5) is 9.59 Å². The van der Waals surface area contributed by atoms with Crippen LogP contribution in [0.3, 0.4) is 0 Å². The van der Waals surface area contributed by atoms with Gasteiger partial charge in [-0.1, -0.05) is 42.5 Å². The first-order valence-electron chi connectivity index (χ1n) is 15.7. The third kappa shape index (κ3) is 10.3. The summed E-state index contributed by atoms with van der Waals surface area (Å²) in [4.78, 5) is 49.4. The third-order valence-electron chi connectivity index (χ3n) is 8.09. The number of methoxy groups -OCH3 is 2. The summed E-state index contributed by atoms with van der Waals surface area (Å²) in [6.07, 6.45) is 0.385. The Labute approximate surface area is 268 Å². The van der Waals surface area contributed by atoms with Crippen molar-refractivity contribution in [2.75, 3.05) is 34.0 Å². The number of rotatable bonds is 13. The van der Waals surface area contributed by atoms with E-state index in [2.05, 4.69) is 20.7 Å². The standard InChI is InChI=1S/C33H45N3O10/c1-22(30(38)42-3)36-29(37)14-13-25-18-27(44-32(40)35-20-24-10-6-9-23-8-4-5-12-28(23)24)19-33(45-25)15-7-11-26(46-33)21-43-31(39)34-16-17-41-2/h4-6,8-10,12,22,25-27H,7,11,13-21H2,1-3H3,(H,34,39)(H,35,40)(H,36,37)/t22-,25+,26+,27+,33-/m0/s1. The maximum absolute atomic E-state index is 13.0. The van der Waals surface area contributed by atoms with Gasteiger partial charge in [-0.15, -0.1) is 0 Å². The molecule has 3 N–H and O–H groups in total. The summed E-state index contributed by atoms with van der Waals surface area (Å²) in [6.45, 7) is 2.55. The molecular formula is C33H45N3O10. The van der Waals surface area contributed by atoms with Gasteiger partial charge >= 0.3 is 18.2 Å². The predicted octanol–water partition coefficient (Wildman–Crippen LogP) is 3.71. The molecule has 2 aliphatic rings. The van der Waals surface area contributed by atoms with Gasteiger partial charge in [0.25, 0.3) is 0 Å². The summed E-state index contributed by atoms with van der Waals surface area (Å²) in [6, 6.07) is 13.1. The fraction of sp³-hybridized carbons (Fsp3) is 0.576. The number of hydrogen-bond donors (Lipinski definition) is 3. The van der Waals surface area contributed by atoms with E-state index in [1.807, 2.05) is 42.5 Å². The molecule has 2 aromatic rings. The van der Waals surface area contributed by atoms with Gasteiger partial charge in [0.15, 0.2) is 5.79 Å². The van der Waals surface area contributed by atoms with Crippen molar-refractivity contribution < 1.29 is 47.6 Å². The Morgan fingerprint density at radius 1 is 1.00 bits per heavy atom. The van der Waals surface area contributed by atoms with Crippen LogP contribution in [0.1, 0.15) is 57.4 Å². The third-order valence-corrected chi connectivity index (χ3v) is 8.09. The van der Waals surface area contributed by atoms with Crippen LogP contribution in [0.5, 0.6) is 0 Å². The summed E-state index contributed by atoms with van der Waals surface area (Å²) < 4.78 is 33.8. The molecule has 0 radical (unpaired) electrons. The molecule has 46 heavy (non-hydrogen) atoms. The van der Waals surface area contributed by atoms with Crippen LogP contribution in [0, 0.1) is 0 Å². The highest BCUT2D eigenvalue weighted by atomic mass is 16.7. The molecule has 3 amide bonds. The van der Waals surface area contributed by atoms with Gasteiger partial charge in [0, 0.05) is 45.9 Å². The summed E-state index contributed by atoms with van der Waals surface area (Å²) in [7, 11) is 2.80. The van der Waals surface area contributed by atoms with Gasteiger partial charge in [0.1, 0.15) is 18.8 Å². The average Bonchev–Trinajstić information content (AvgIpc) is 3.05. The molecule has 0 aliphatic carbocycles. The topological polar surface area (TPSA) is 160 Å². The van der Waals surface area contributed by atoms with Gasteiger partial charge in [-0.2, -0.15) is 0 Å². The molecule has 2 saturated heterocycles. The molecule has 2 aromatic carbocycles. The number of amides is 3. The molecule has 13 nitrogen and oxygen atoms in total. The van der Waals surface area contributed by atoms with E-state index < -0.39 is 48.3 Å². The number of nitrogens with one attached hydrogen (secondary N) is 3. The van der Waals surface area contributed by atoms with Crippen LogP contribution in [0.25, 0.3) is 10.8 Å². The van der Waals surface area contributed by atoms with Gasteiger partial charge in [0.2, 0.25) is 5.91 Å². The van der Waals surface area contributed by atoms with Crippen LogP contribution in [0.15, 0.2) is 42.5 Å². The van der Waals surface area contributed by atoms with E-state index >= 15 is 0 Å².